The van der Waals surface area contributed by atoms with Crippen LogP contribution in [-0.2, 0) is 4.79 Å². The van der Waals surface area contributed by atoms with E-state index in [4.69, 9.17) is 5.11 Å². The summed E-state index contributed by atoms with van der Waals surface area (Å²) in [6.45, 7) is 3.60. The summed E-state index contributed by atoms with van der Waals surface area (Å²) in [5.74, 6) is 0.784. The molecule has 0 aromatic heterocycles. The molecular formula is C10H18N2O2. The Morgan fingerprint density at radius 1 is 1.50 bits per heavy atom. The molecule has 0 bridgehead atoms. The first kappa shape index (κ1) is 9.93. The maximum absolute atomic E-state index is 11.9. The van der Waals surface area contributed by atoms with Crippen molar-refractivity contribution in [3.63, 3.8) is 0 Å². The Bertz CT molecular complexity index is 214. The van der Waals surface area contributed by atoms with Gasteiger partial charge >= 0.3 is 0 Å². The van der Waals surface area contributed by atoms with E-state index in [0.29, 0.717) is 5.92 Å². The highest BCUT2D eigenvalue weighted by Gasteiger charge is 2.31. The third-order valence-electron chi connectivity index (χ3n) is 3.27. The number of rotatable bonds is 2. The van der Waals surface area contributed by atoms with Crippen LogP contribution in [0.3, 0.4) is 0 Å². The molecule has 2 heterocycles. The first-order chi connectivity index (χ1) is 6.81. The lowest BCUT2D eigenvalue weighted by atomic mass is 10.1. The molecule has 2 N–H and O–H groups in total. The molecule has 0 spiro atoms. The zero-order valence-corrected chi connectivity index (χ0v) is 8.41. The summed E-state index contributed by atoms with van der Waals surface area (Å²) < 4.78 is 0. The average molecular weight is 198 g/mol. The molecule has 0 saturated carbocycles. The zero-order chi connectivity index (χ0) is 9.97. The predicted octanol–water partition coefficient (Wildman–Crippen LogP) is -0.563. The van der Waals surface area contributed by atoms with Gasteiger partial charge in [-0.2, -0.15) is 0 Å². The number of nitrogens with one attached hydrogen (secondary N) is 1. The van der Waals surface area contributed by atoms with Gasteiger partial charge in [0, 0.05) is 32.2 Å². The van der Waals surface area contributed by atoms with Crippen molar-refractivity contribution < 1.29 is 9.90 Å². The van der Waals surface area contributed by atoms with Crippen LogP contribution in [0, 0.1) is 11.8 Å². The summed E-state index contributed by atoms with van der Waals surface area (Å²) >= 11 is 0. The van der Waals surface area contributed by atoms with E-state index in [-0.39, 0.29) is 18.4 Å². The number of aliphatic hydroxyl groups is 1. The van der Waals surface area contributed by atoms with E-state index in [9.17, 15) is 4.79 Å². The summed E-state index contributed by atoms with van der Waals surface area (Å²) in [4.78, 5) is 13.8. The van der Waals surface area contributed by atoms with Gasteiger partial charge in [0.2, 0.25) is 5.91 Å². The topological polar surface area (TPSA) is 52.6 Å². The van der Waals surface area contributed by atoms with E-state index in [0.717, 1.165) is 39.0 Å². The van der Waals surface area contributed by atoms with Crippen LogP contribution in [0.25, 0.3) is 0 Å². The Labute approximate surface area is 84.3 Å². The number of nitrogens with zero attached hydrogens (tertiary/aromatic N) is 1. The predicted molar refractivity (Wildman–Crippen MR) is 52.7 cm³/mol. The highest BCUT2D eigenvalue weighted by Crippen LogP contribution is 2.20. The molecule has 0 unspecified atom stereocenters. The molecule has 2 fully saturated rings. The van der Waals surface area contributed by atoms with Crippen molar-refractivity contribution in [3.8, 4) is 0 Å². The van der Waals surface area contributed by atoms with Gasteiger partial charge in [0.1, 0.15) is 0 Å². The SMILES string of the molecule is O=C([C@@H]1CCNC1)N1CC[C@@H](CO)C1. The van der Waals surface area contributed by atoms with Gasteiger partial charge in [0.25, 0.3) is 0 Å². The second kappa shape index (κ2) is 4.28. The summed E-state index contributed by atoms with van der Waals surface area (Å²) in [5, 5.41) is 12.2. The van der Waals surface area contributed by atoms with Gasteiger partial charge in [-0.3, -0.25) is 4.79 Å². The smallest absolute Gasteiger partial charge is 0.227 e. The van der Waals surface area contributed by atoms with E-state index < -0.39 is 0 Å². The van der Waals surface area contributed by atoms with Gasteiger partial charge < -0.3 is 15.3 Å². The van der Waals surface area contributed by atoms with Gasteiger partial charge in [0.15, 0.2) is 0 Å². The van der Waals surface area contributed by atoms with Gasteiger partial charge in [0.05, 0.1) is 5.92 Å². The van der Waals surface area contributed by atoms with Gasteiger partial charge in [-0.15, -0.1) is 0 Å². The molecule has 0 aromatic rings. The molecule has 1 amide bonds. The van der Waals surface area contributed by atoms with Crippen molar-refractivity contribution in [1.29, 1.82) is 0 Å². The quantitative estimate of drug-likeness (QED) is 0.625. The molecule has 4 heteroatoms. The van der Waals surface area contributed by atoms with E-state index in [1.165, 1.54) is 0 Å². The molecule has 2 aliphatic rings. The minimum Gasteiger partial charge on any atom is -0.396 e. The van der Waals surface area contributed by atoms with Crippen LogP contribution in [0.5, 0.6) is 0 Å². The second-order valence-corrected chi connectivity index (χ2v) is 4.31. The fourth-order valence-electron chi connectivity index (χ4n) is 2.31. The monoisotopic (exact) mass is 198 g/mol. The molecule has 2 atom stereocenters. The third kappa shape index (κ3) is 1.91. The first-order valence-electron chi connectivity index (χ1n) is 5.41. The lowest BCUT2D eigenvalue weighted by Gasteiger charge is -2.19. The van der Waals surface area contributed by atoms with Crippen LogP contribution in [0.2, 0.25) is 0 Å². The summed E-state index contributed by atoms with van der Waals surface area (Å²) in [6.07, 6.45) is 1.93. The highest BCUT2D eigenvalue weighted by atomic mass is 16.3. The van der Waals surface area contributed by atoms with Gasteiger partial charge in [-0.05, 0) is 19.4 Å². The fourth-order valence-corrected chi connectivity index (χ4v) is 2.31. The first-order valence-corrected chi connectivity index (χ1v) is 5.41. The van der Waals surface area contributed by atoms with Crippen molar-refractivity contribution in [1.82, 2.24) is 10.2 Å². The average Bonchev–Trinajstić information content (AvgIpc) is 2.88. The van der Waals surface area contributed by atoms with Gasteiger partial charge in [-0.25, -0.2) is 0 Å². The van der Waals surface area contributed by atoms with Crippen molar-refractivity contribution in [2.45, 2.75) is 12.8 Å². The maximum atomic E-state index is 11.9. The van der Waals surface area contributed by atoms with Crippen molar-refractivity contribution in [2.75, 3.05) is 32.8 Å². The molecule has 80 valence electrons. The summed E-state index contributed by atoms with van der Waals surface area (Å²) in [6, 6.07) is 0. The van der Waals surface area contributed by atoms with Crippen LogP contribution < -0.4 is 5.32 Å². The van der Waals surface area contributed by atoms with Crippen molar-refractivity contribution >= 4 is 5.91 Å². The zero-order valence-electron chi connectivity index (χ0n) is 8.41. The molecule has 0 aromatic carbocycles. The number of aliphatic hydroxyl groups excluding tert-OH is 1. The van der Waals surface area contributed by atoms with Crippen LogP contribution in [-0.4, -0.2) is 48.7 Å². The Morgan fingerprint density at radius 3 is 2.93 bits per heavy atom. The van der Waals surface area contributed by atoms with Crippen LogP contribution in [0.15, 0.2) is 0 Å². The van der Waals surface area contributed by atoms with Crippen molar-refractivity contribution in [3.05, 3.63) is 0 Å². The lowest BCUT2D eigenvalue weighted by molar-refractivity contribution is -0.134. The Hall–Kier alpha value is -0.610. The third-order valence-corrected chi connectivity index (χ3v) is 3.27. The van der Waals surface area contributed by atoms with Crippen molar-refractivity contribution in [2.24, 2.45) is 11.8 Å². The number of carbonyl (C=O) groups excluding carboxylic acids is 1. The maximum Gasteiger partial charge on any atom is 0.227 e. The highest BCUT2D eigenvalue weighted by molar-refractivity contribution is 5.79. The molecular weight excluding hydrogens is 180 g/mol. The fraction of sp³-hybridized carbons (Fsp3) is 0.900. The van der Waals surface area contributed by atoms with E-state index in [1.807, 2.05) is 4.90 Å². The molecule has 2 aliphatic heterocycles. The van der Waals surface area contributed by atoms with E-state index in [2.05, 4.69) is 5.32 Å². The minimum atomic E-state index is 0.187. The Morgan fingerprint density at radius 2 is 2.36 bits per heavy atom. The standard InChI is InChI=1S/C10H18N2O2/c13-7-8-2-4-12(6-8)10(14)9-1-3-11-5-9/h8-9,11,13H,1-7H2/t8-,9-/m1/s1. The number of hydrogen-bond acceptors (Lipinski definition) is 3. The minimum absolute atomic E-state index is 0.187. The number of carbonyl (C=O) groups is 1. The number of hydrogen-bond donors (Lipinski definition) is 2. The molecule has 0 radical (unpaired) electrons. The van der Waals surface area contributed by atoms with E-state index >= 15 is 0 Å². The summed E-state index contributed by atoms with van der Waals surface area (Å²) in [7, 11) is 0. The molecule has 2 saturated heterocycles. The van der Waals surface area contributed by atoms with Gasteiger partial charge in [-0.1, -0.05) is 0 Å². The molecule has 0 aliphatic carbocycles. The van der Waals surface area contributed by atoms with Crippen LogP contribution in [0.4, 0.5) is 0 Å². The van der Waals surface area contributed by atoms with Crippen LogP contribution >= 0.6 is 0 Å². The molecule has 4 nitrogen and oxygen atoms in total. The summed E-state index contributed by atoms with van der Waals surface area (Å²) in [5.41, 5.74) is 0. The Balaban J connectivity index is 1.86. The normalized spacial score (nSPS) is 32.5. The lowest BCUT2D eigenvalue weighted by Crippen LogP contribution is -2.35. The largest absolute Gasteiger partial charge is 0.396 e. The van der Waals surface area contributed by atoms with E-state index in [1.54, 1.807) is 0 Å². The second-order valence-electron chi connectivity index (χ2n) is 4.31. The van der Waals surface area contributed by atoms with Crippen LogP contribution in [0.1, 0.15) is 12.8 Å². The molecule has 14 heavy (non-hydrogen) atoms. The molecule has 2 rings (SSSR count). The Kier molecular flexibility index (Phi) is 3.03. The number of amides is 1. The number of likely N-dealkylation sites (tertiary alicyclic amines) is 1.